The smallest absolute Gasteiger partial charge is 0.387 e. The molecule has 0 aliphatic heterocycles. The molecule has 68 valence electrons. The second-order valence-corrected chi connectivity index (χ2v) is 3.74. The van der Waals surface area contributed by atoms with Crippen LogP contribution >= 0.6 is 22.9 Å². The van der Waals surface area contributed by atoms with E-state index in [1.807, 2.05) is 12.3 Å². The molecule has 0 aliphatic rings. The molecule has 6 heteroatoms. The highest BCUT2D eigenvalue weighted by molar-refractivity contribution is 7.14. The topological polar surface area (TPSA) is 58.9 Å². The summed E-state index contributed by atoms with van der Waals surface area (Å²) in [5.41, 5.74) is 0.951. The van der Waals surface area contributed by atoms with Gasteiger partial charge < -0.3 is 4.42 Å². The molecule has 0 aliphatic carbocycles. The summed E-state index contributed by atoms with van der Waals surface area (Å²) in [6, 6.07) is 0. The Labute approximate surface area is 82.2 Å². The summed E-state index contributed by atoms with van der Waals surface area (Å²) in [4.78, 5) is 11.3. The van der Waals surface area contributed by atoms with Crippen LogP contribution in [0, 0.1) is 6.92 Å². The number of nitrogens with zero attached hydrogens (tertiary/aromatic N) is 1. The van der Waals surface area contributed by atoms with Crippen LogP contribution in [0.5, 0.6) is 0 Å². The van der Waals surface area contributed by atoms with Gasteiger partial charge in [0.25, 0.3) is 5.89 Å². The number of rotatable bonds is 1. The Bertz CT molecular complexity index is 485. The van der Waals surface area contributed by atoms with Gasteiger partial charge in [-0.05, 0) is 17.9 Å². The minimum absolute atomic E-state index is 0.244. The molecule has 0 aromatic carbocycles. The van der Waals surface area contributed by atoms with Gasteiger partial charge in [-0.2, -0.15) is 0 Å². The quantitative estimate of drug-likeness (QED) is 0.794. The molecule has 0 amide bonds. The summed E-state index contributed by atoms with van der Waals surface area (Å²) in [5, 5.41) is 8.33. The minimum atomic E-state index is -0.572. The summed E-state index contributed by atoms with van der Waals surface area (Å²) < 4.78 is 4.77. The number of H-pyrrole nitrogens is 1. The van der Waals surface area contributed by atoms with Gasteiger partial charge in [-0.3, -0.25) is 0 Å². The molecule has 13 heavy (non-hydrogen) atoms. The monoisotopic (exact) mass is 216 g/mol. The van der Waals surface area contributed by atoms with E-state index in [2.05, 4.69) is 10.2 Å². The number of aryl methyl sites for hydroxylation is 1. The first-order valence-electron chi connectivity index (χ1n) is 3.48. The number of hydrogen-bond donors (Lipinski definition) is 1. The van der Waals surface area contributed by atoms with E-state index < -0.39 is 5.76 Å². The Hall–Kier alpha value is -1.07. The van der Waals surface area contributed by atoms with Crippen molar-refractivity contribution >= 4 is 22.9 Å². The van der Waals surface area contributed by atoms with E-state index in [1.165, 1.54) is 11.3 Å². The van der Waals surface area contributed by atoms with Crippen LogP contribution in [0.15, 0.2) is 14.6 Å². The summed E-state index contributed by atoms with van der Waals surface area (Å²) in [6.07, 6.45) is 0. The third-order valence-electron chi connectivity index (χ3n) is 1.53. The summed E-state index contributed by atoms with van der Waals surface area (Å²) >= 11 is 7.34. The zero-order valence-corrected chi connectivity index (χ0v) is 8.20. The van der Waals surface area contributed by atoms with E-state index in [-0.39, 0.29) is 5.89 Å². The second kappa shape index (κ2) is 3.01. The Balaban J connectivity index is 2.58. The van der Waals surface area contributed by atoms with Crippen molar-refractivity contribution in [3.8, 4) is 10.8 Å². The molecule has 0 saturated heterocycles. The Morgan fingerprint density at radius 2 is 2.46 bits per heavy atom. The van der Waals surface area contributed by atoms with Gasteiger partial charge in [-0.15, -0.1) is 16.4 Å². The molecule has 2 aromatic rings. The van der Waals surface area contributed by atoms with E-state index in [9.17, 15) is 4.79 Å². The van der Waals surface area contributed by atoms with Gasteiger partial charge in [-0.1, -0.05) is 11.6 Å². The molecule has 0 fully saturated rings. The zero-order valence-electron chi connectivity index (χ0n) is 6.63. The highest BCUT2D eigenvalue weighted by Gasteiger charge is 2.13. The number of aromatic nitrogens is 2. The third-order valence-corrected chi connectivity index (χ3v) is 3.22. The van der Waals surface area contributed by atoms with Crippen molar-refractivity contribution < 1.29 is 4.42 Å². The van der Waals surface area contributed by atoms with Crippen LogP contribution in [-0.2, 0) is 0 Å². The summed E-state index contributed by atoms with van der Waals surface area (Å²) in [5.74, 6) is -0.329. The van der Waals surface area contributed by atoms with Gasteiger partial charge >= 0.3 is 5.76 Å². The van der Waals surface area contributed by atoms with Gasteiger partial charge in [0.05, 0.1) is 5.02 Å². The van der Waals surface area contributed by atoms with Gasteiger partial charge in [0.1, 0.15) is 4.88 Å². The molecular weight excluding hydrogens is 212 g/mol. The van der Waals surface area contributed by atoms with Crippen LogP contribution in [0.25, 0.3) is 10.8 Å². The number of aromatic amines is 1. The lowest BCUT2D eigenvalue weighted by Gasteiger charge is -1.88. The Morgan fingerprint density at radius 3 is 2.92 bits per heavy atom. The molecule has 0 atom stereocenters. The number of nitrogens with one attached hydrogen (secondary N) is 1. The van der Waals surface area contributed by atoms with Crippen LogP contribution in [0.1, 0.15) is 5.56 Å². The van der Waals surface area contributed by atoms with E-state index >= 15 is 0 Å². The van der Waals surface area contributed by atoms with Crippen molar-refractivity contribution in [1.29, 1.82) is 0 Å². The van der Waals surface area contributed by atoms with E-state index in [0.29, 0.717) is 9.90 Å². The first-order chi connectivity index (χ1) is 6.18. The van der Waals surface area contributed by atoms with Crippen LogP contribution in [-0.4, -0.2) is 10.2 Å². The normalized spacial score (nSPS) is 10.6. The van der Waals surface area contributed by atoms with Crippen molar-refractivity contribution in [1.82, 2.24) is 10.2 Å². The third kappa shape index (κ3) is 1.40. The first-order valence-corrected chi connectivity index (χ1v) is 4.73. The second-order valence-electron chi connectivity index (χ2n) is 2.48. The van der Waals surface area contributed by atoms with Crippen molar-refractivity contribution in [3.05, 3.63) is 26.5 Å². The maximum Gasteiger partial charge on any atom is 0.434 e. The van der Waals surface area contributed by atoms with Crippen molar-refractivity contribution in [2.24, 2.45) is 0 Å². The lowest BCUT2D eigenvalue weighted by atomic mass is 10.3. The van der Waals surface area contributed by atoms with Gasteiger partial charge in [0.2, 0.25) is 0 Å². The molecule has 2 heterocycles. The van der Waals surface area contributed by atoms with Crippen molar-refractivity contribution in [2.75, 3.05) is 0 Å². The fraction of sp³-hybridized carbons (Fsp3) is 0.143. The average molecular weight is 217 g/mol. The average Bonchev–Trinajstić information content (AvgIpc) is 2.62. The van der Waals surface area contributed by atoms with Gasteiger partial charge in [-0.25, -0.2) is 9.89 Å². The standard InChI is InChI=1S/C7H5ClN2O2S/c1-3-2-13-5(4(3)8)6-9-10-7(11)12-6/h2H,1H3,(H,10,11). The van der Waals surface area contributed by atoms with Crippen molar-refractivity contribution in [3.63, 3.8) is 0 Å². The van der Waals surface area contributed by atoms with Crippen LogP contribution in [0.2, 0.25) is 5.02 Å². The molecule has 2 aromatic heterocycles. The number of halogens is 1. The summed E-state index contributed by atoms with van der Waals surface area (Å²) in [6.45, 7) is 1.88. The Kier molecular flexibility index (Phi) is 1.97. The van der Waals surface area contributed by atoms with E-state index in [0.717, 1.165) is 5.56 Å². The van der Waals surface area contributed by atoms with Gasteiger partial charge in [0, 0.05) is 0 Å². The van der Waals surface area contributed by atoms with Gasteiger partial charge in [0.15, 0.2) is 0 Å². The SMILES string of the molecule is Cc1csc(-c2n[nH]c(=O)o2)c1Cl. The minimum Gasteiger partial charge on any atom is -0.387 e. The number of hydrogen-bond acceptors (Lipinski definition) is 4. The maximum absolute atomic E-state index is 10.7. The molecule has 0 bridgehead atoms. The molecule has 2 rings (SSSR count). The van der Waals surface area contributed by atoms with Crippen molar-refractivity contribution in [2.45, 2.75) is 6.92 Å². The fourth-order valence-electron chi connectivity index (χ4n) is 0.901. The van der Waals surface area contributed by atoms with Crippen LogP contribution in [0.3, 0.4) is 0 Å². The first kappa shape index (κ1) is 8.52. The zero-order chi connectivity index (χ0) is 9.42. The molecule has 0 radical (unpaired) electrons. The number of thiophene rings is 1. The predicted octanol–water partition coefficient (Wildman–Crippen LogP) is 2.05. The predicted molar refractivity (Wildman–Crippen MR) is 50.2 cm³/mol. The summed E-state index contributed by atoms with van der Waals surface area (Å²) in [7, 11) is 0. The van der Waals surface area contributed by atoms with E-state index in [4.69, 9.17) is 16.0 Å². The fourth-order valence-corrected chi connectivity index (χ4v) is 2.10. The van der Waals surface area contributed by atoms with Crippen LogP contribution < -0.4 is 5.76 Å². The highest BCUT2D eigenvalue weighted by Crippen LogP contribution is 2.34. The largest absolute Gasteiger partial charge is 0.434 e. The highest BCUT2D eigenvalue weighted by atomic mass is 35.5. The lowest BCUT2D eigenvalue weighted by Crippen LogP contribution is -1.93. The Morgan fingerprint density at radius 1 is 1.69 bits per heavy atom. The molecule has 4 nitrogen and oxygen atoms in total. The maximum atomic E-state index is 10.7. The molecule has 0 unspecified atom stereocenters. The molecule has 1 N–H and O–H groups in total. The molecule has 0 spiro atoms. The molecule has 0 saturated carbocycles. The van der Waals surface area contributed by atoms with E-state index in [1.54, 1.807) is 0 Å². The molecular formula is C7H5ClN2O2S. The lowest BCUT2D eigenvalue weighted by molar-refractivity contribution is 0.528. The van der Waals surface area contributed by atoms with Crippen LogP contribution in [0.4, 0.5) is 0 Å².